The average molecular weight is 449 g/mol. The molecule has 3 aromatic rings. The van der Waals surface area contributed by atoms with Crippen molar-refractivity contribution in [3.05, 3.63) is 47.7 Å². The topological polar surface area (TPSA) is 102 Å². The van der Waals surface area contributed by atoms with Crippen molar-refractivity contribution in [2.24, 2.45) is 0 Å². The van der Waals surface area contributed by atoms with Gasteiger partial charge in [-0.2, -0.15) is 0 Å². The molecule has 0 saturated carbocycles. The number of thiazole rings is 1. The fourth-order valence-corrected chi connectivity index (χ4v) is 4.37. The number of urea groups is 1. The molecule has 8 nitrogen and oxygen atoms in total. The van der Waals surface area contributed by atoms with Gasteiger partial charge in [0.2, 0.25) is 0 Å². The lowest BCUT2D eigenvalue weighted by Crippen LogP contribution is -2.55. The summed E-state index contributed by atoms with van der Waals surface area (Å²) >= 11 is 1.26. The number of aliphatic hydroxyl groups is 2. The van der Waals surface area contributed by atoms with Crippen LogP contribution in [0, 0.1) is 11.6 Å². The second-order valence-corrected chi connectivity index (χ2v) is 8.35. The second-order valence-electron chi connectivity index (χ2n) is 7.32. The van der Waals surface area contributed by atoms with E-state index in [0.717, 1.165) is 10.8 Å². The minimum Gasteiger partial charge on any atom is -0.393 e. The quantitative estimate of drug-likeness (QED) is 0.566. The molecule has 2 amide bonds. The van der Waals surface area contributed by atoms with Gasteiger partial charge in [0.15, 0.2) is 16.8 Å². The van der Waals surface area contributed by atoms with Gasteiger partial charge in [-0.3, -0.25) is 5.32 Å². The van der Waals surface area contributed by atoms with Crippen LogP contribution in [0.5, 0.6) is 0 Å². The lowest BCUT2D eigenvalue weighted by Gasteiger charge is -2.40. The Morgan fingerprint density at radius 1 is 1.35 bits per heavy atom. The standard InChI is InChI=1S/C20H21F2N5O3S/c1-11-9-26(18-14(22)6-12(8-23-18)16(29)10-28)4-5-27(11)20(30)25-19-24-15-7-13(21)2-3-17(15)31-19/h2-3,6-8,11,16,28-29H,4-5,9-10H2,1H3,(H,24,25,30)/t11-,16+/m1/s1. The van der Waals surface area contributed by atoms with Gasteiger partial charge in [0, 0.05) is 43.5 Å². The van der Waals surface area contributed by atoms with Crippen LogP contribution in [0.15, 0.2) is 30.5 Å². The van der Waals surface area contributed by atoms with Crippen LogP contribution in [-0.4, -0.2) is 63.4 Å². The molecule has 1 saturated heterocycles. The Balaban J connectivity index is 1.42. The minimum absolute atomic E-state index is 0.133. The number of benzene rings is 1. The van der Waals surface area contributed by atoms with Gasteiger partial charge in [-0.15, -0.1) is 0 Å². The van der Waals surface area contributed by atoms with Gasteiger partial charge in [0.1, 0.15) is 11.9 Å². The predicted octanol–water partition coefficient (Wildman–Crippen LogP) is 2.74. The van der Waals surface area contributed by atoms with Gasteiger partial charge in [0.05, 0.1) is 16.8 Å². The molecule has 0 bridgehead atoms. The van der Waals surface area contributed by atoms with Crippen molar-refractivity contribution in [3.63, 3.8) is 0 Å². The van der Waals surface area contributed by atoms with Crippen molar-refractivity contribution < 1.29 is 23.8 Å². The number of piperazine rings is 1. The van der Waals surface area contributed by atoms with E-state index in [-0.39, 0.29) is 29.3 Å². The van der Waals surface area contributed by atoms with Crippen LogP contribution in [-0.2, 0) is 0 Å². The lowest BCUT2D eigenvalue weighted by atomic mass is 10.1. The number of carbonyl (C=O) groups excluding carboxylic acids is 1. The molecular formula is C20H21F2N5O3S. The van der Waals surface area contributed by atoms with E-state index >= 15 is 0 Å². The van der Waals surface area contributed by atoms with Crippen molar-refractivity contribution in [1.82, 2.24) is 14.9 Å². The average Bonchev–Trinajstić information content (AvgIpc) is 3.14. The molecule has 0 spiro atoms. The van der Waals surface area contributed by atoms with E-state index in [1.165, 1.54) is 29.7 Å². The number of fused-ring (bicyclic) bond motifs is 1. The van der Waals surface area contributed by atoms with Crippen LogP contribution in [0.2, 0.25) is 0 Å². The molecule has 2 atom stereocenters. The van der Waals surface area contributed by atoms with E-state index in [1.807, 2.05) is 6.92 Å². The highest BCUT2D eigenvalue weighted by Gasteiger charge is 2.30. The third-order valence-electron chi connectivity index (χ3n) is 5.15. The maximum absolute atomic E-state index is 14.5. The van der Waals surface area contributed by atoms with Crippen molar-refractivity contribution in [2.75, 3.05) is 36.5 Å². The van der Waals surface area contributed by atoms with Gasteiger partial charge in [-0.1, -0.05) is 11.3 Å². The summed E-state index contributed by atoms with van der Waals surface area (Å²) in [4.78, 5) is 24.4. The molecule has 3 N–H and O–H groups in total. The number of anilines is 2. The number of halogens is 2. The molecule has 11 heteroatoms. The molecule has 1 aromatic carbocycles. The third kappa shape index (κ3) is 4.43. The van der Waals surface area contributed by atoms with Crippen LogP contribution in [0.1, 0.15) is 18.6 Å². The molecule has 0 radical (unpaired) electrons. The molecular weight excluding hydrogens is 428 g/mol. The number of hydrogen-bond donors (Lipinski definition) is 3. The normalized spacial score (nSPS) is 17.8. The summed E-state index contributed by atoms with van der Waals surface area (Å²) in [5, 5.41) is 21.8. The SMILES string of the molecule is C[C@@H]1CN(c2ncc([C@@H](O)CO)cc2F)CCN1C(=O)Nc1nc2cc(F)ccc2s1. The Labute approximate surface area is 180 Å². The first-order chi connectivity index (χ1) is 14.9. The Kier molecular flexibility index (Phi) is 5.99. The number of nitrogens with zero attached hydrogens (tertiary/aromatic N) is 4. The smallest absolute Gasteiger partial charge is 0.324 e. The molecule has 164 valence electrons. The molecule has 0 aliphatic carbocycles. The predicted molar refractivity (Wildman–Crippen MR) is 113 cm³/mol. The number of hydrogen-bond acceptors (Lipinski definition) is 7. The summed E-state index contributed by atoms with van der Waals surface area (Å²) in [6, 6.07) is 4.87. The summed E-state index contributed by atoms with van der Waals surface area (Å²) < 4.78 is 28.6. The third-order valence-corrected chi connectivity index (χ3v) is 6.10. The van der Waals surface area contributed by atoms with Crippen molar-refractivity contribution in [3.8, 4) is 0 Å². The number of carbonyl (C=O) groups is 1. The Morgan fingerprint density at radius 3 is 2.87 bits per heavy atom. The first kappa shape index (κ1) is 21.3. The molecule has 4 rings (SSSR count). The summed E-state index contributed by atoms with van der Waals surface area (Å²) in [6.45, 7) is 2.41. The largest absolute Gasteiger partial charge is 0.393 e. The highest BCUT2D eigenvalue weighted by Crippen LogP contribution is 2.27. The molecule has 3 heterocycles. The Morgan fingerprint density at radius 2 is 2.16 bits per heavy atom. The molecule has 31 heavy (non-hydrogen) atoms. The molecule has 1 aliphatic rings. The van der Waals surface area contributed by atoms with E-state index in [2.05, 4.69) is 15.3 Å². The fourth-order valence-electron chi connectivity index (χ4n) is 3.53. The zero-order chi connectivity index (χ0) is 22.1. The van der Waals surface area contributed by atoms with Gasteiger partial charge in [0.25, 0.3) is 0 Å². The summed E-state index contributed by atoms with van der Waals surface area (Å²) in [7, 11) is 0. The van der Waals surface area contributed by atoms with Crippen molar-refractivity contribution >= 4 is 38.5 Å². The van der Waals surface area contributed by atoms with E-state index in [1.54, 1.807) is 15.9 Å². The number of rotatable bonds is 4. The number of aromatic nitrogens is 2. The minimum atomic E-state index is -1.19. The lowest BCUT2D eigenvalue weighted by molar-refractivity contribution is 0.0951. The van der Waals surface area contributed by atoms with Gasteiger partial charge >= 0.3 is 6.03 Å². The second kappa shape index (κ2) is 8.69. The van der Waals surface area contributed by atoms with E-state index in [4.69, 9.17) is 5.11 Å². The molecule has 1 fully saturated rings. The summed E-state index contributed by atoms with van der Waals surface area (Å²) in [5.74, 6) is -0.856. The Bertz CT molecular complexity index is 1110. The van der Waals surface area contributed by atoms with Crippen LogP contribution >= 0.6 is 11.3 Å². The van der Waals surface area contributed by atoms with E-state index < -0.39 is 18.5 Å². The maximum atomic E-state index is 14.5. The molecule has 0 unspecified atom stereocenters. The van der Waals surface area contributed by atoms with Crippen LogP contribution in [0.4, 0.5) is 24.5 Å². The monoisotopic (exact) mass is 449 g/mol. The number of aliphatic hydroxyl groups excluding tert-OH is 2. The highest BCUT2D eigenvalue weighted by atomic mass is 32.1. The van der Waals surface area contributed by atoms with E-state index in [9.17, 15) is 18.7 Å². The van der Waals surface area contributed by atoms with Crippen LogP contribution in [0.3, 0.4) is 0 Å². The van der Waals surface area contributed by atoms with Gasteiger partial charge < -0.3 is 20.0 Å². The zero-order valence-corrected chi connectivity index (χ0v) is 17.4. The molecule has 2 aromatic heterocycles. The highest BCUT2D eigenvalue weighted by molar-refractivity contribution is 7.22. The van der Waals surface area contributed by atoms with Crippen LogP contribution < -0.4 is 10.2 Å². The first-order valence-corrected chi connectivity index (χ1v) is 10.5. The maximum Gasteiger partial charge on any atom is 0.324 e. The molecule has 1 aliphatic heterocycles. The number of amides is 2. The van der Waals surface area contributed by atoms with E-state index in [0.29, 0.717) is 30.3 Å². The first-order valence-electron chi connectivity index (χ1n) is 9.68. The van der Waals surface area contributed by atoms with Crippen molar-refractivity contribution in [1.29, 1.82) is 0 Å². The number of pyridine rings is 1. The van der Waals surface area contributed by atoms with Crippen molar-refractivity contribution in [2.45, 2.75) is 19.1 Å². The Hall–Kier alpha value is -2.89. The summed E-state index contributed by atoms with van der Waals surface area (Å²) in [5.41, 5.74) is 0.681. The van der Waals surface area contributed by atoms with Gasteiger partial charge in [-0.25, -0.2) is 23.5 Å². The summed E-state index contributed by atoms with van der Waals surface area (Å²) in [6.07, 6.45) is 0.147. The fraction of sp³-hybridized carbons (Fsp3) is 0.350. The zero-order valence-electron chi connectivity index (χ0n) is 16.6. The number of nitrogens with one attached hydrogen (secondary N) is 1. The van der Waals surface area contributed by atoms with Gasteiger partial charge in [-0.05, 0) is 25.1 Å². The van der Waals surface area contributed by atoms with Crippen LogP contribution in [0.25, 0.3) is 10.2 Å².